The first kappa shape index (κ1) is 22.5. The summed E-state index contributed by atoms with van der Waals surface area (Å²) >= 11 is 1.97. The van der Waals surface area contributed by atoms with Gasteiger partial charge in [0.25, 0.3) is 0 Å². The van der Waals surface area contributed by atoms with Gasteiger partial charge in [-0.2, -0.15) is 0 Å². The van der Waals surface area contributed by atoms with E-state index in [2.05, 4.69) is 39.3 Å². The van der Waals surface area contributed by atoms with Gasteiger partial charge in [-0.3, -0.25) is 10.2 Å². The van der Waals surface area contributed by atoms with Gasteiger partial charge in [-0.05, 0) is 39.2 Å². The fourth-order valence-electron chi connectivity index (χ4n) is 4.26. The molecule has 1 aliphatic carbocycles. The predicted octanol–water partition coefficient (Wildman–Crippen LogP) is 4.01. The highest BCUT2D eigenvalue weighted by Gasteiger charge is 2.25. The average Bonchev–Trinajstić information content (AvgIpc) is 3.05. The van der Waals surface area contributed by atoms with Crippen molar-refractivity contribution in [3.05, 3.63) is 51.5 Å². The fraction of sp³-hybridized carbons (Fsp3) is 0.625. The van der Waals surface area contributed by atoms with Crippen LogP contribution in [-0.4, -0.2) is 52.3 Å². The summed E-state index contributed by atoms with van der Waals surface area (Å²) in [6, 6.07) is 0.674. The maximum atomic E-state index is 5.72. The van der Waals surface area contributed by atoms with E-state index in [0.717, 1.165) is 43.7 Å². The van der Waals surface area contributed by atoms with Crippen LogP contribution in [0.5, 0.6) is 0 Å². The lowest BCUT2D eigenvalue weighted by molar-refractivity contribution is 0.103. The Balaban J connectivity index is 1.22. The van der Waals surface area contributed by atoms with Crippen LogP contribution < -0.4 is 5.32 Å². The SMILES string of the molecule is CCCC(CCNCOCc1cnc(C)nc1)c1nc2c(s1)CCN([C@@H]1C=CC1)CC2. The monoisotopic (exact) mass is 441 g/mol. The Morgan fingerprint density at radius 2 is 2.03 bits per heavy atom. The van der Waals surface area contributed by atoms with Crippen molar-refractivity contribution >= 4 is 11.3 Å². The summed E-state index contributed by atoms with van der Waals surface area (Å²) in [5, 5.41) is 4.78. The van der Waals surface area contributed by atoms with Gasteiger partial charge < -0.3 is 4.74 Å². The molecule has 31 heavy (non-hydrogen) atoms. The molecule has 0 saturated heterocycles. The van der Waals surface area contributed by atoms with Crippen molar-refractivity contribution in [2.45, 2.75) is 70.9 Å². The average molecular weight is 442 g/mol. The minimum absolute atomic E-state index is 0.540. The van der Waals surface area contributed by atoms with Crippen LogP contribution in [0.4, 0.5) is 0 Å². The molecule has 2 aromatic heterocycles. The summed E-state index contributed by atoms with van der Waals surface area (Å²) in [4.78, 5) is 17.7. The normalized spacial score (nSPS) is 19.6. The molecule has 0 aromatic carbocycles. The first-order chi connectivity index (χ1) is 15.2. The molecular weight excluding hydrogens is 406 g/mol. The number of nitrogens with one attached hydrogen (secondary N) is 1. The third kappa shape index (κ3) is 6.19. The number of hydrogen-bond acceptors (Lipinski definition) is 7. The molecule has 0 spiro atoms. The standard InChI is InChI=1S/C24H35N5OS/c1-3-5-20(8-11-25-17-30-16-19-14-26-18(2)27-15-19)24-28-22-9-12-29(21-6-4-7-21)13-10-23(22)31-24/h4,6,14-15,20-21,25H,3,5,7-13,16-17H2,1-2H3/t20?,21-/m1/s1. The molecule has 1 N–H and O–H groups in total. The van der Waals surface area contributed by atoms with E-state index in [1.165, 1.54) is 41.4 Å². The predicted molar refractivity (Wildman–Crippen MR) is 125 cm³/mol. The van der Waals surface area contributed by atoms with E-state index in [9.17, 15) is 0 Å². The number of hydrogen-bond donors (Lipinski definition) is 1. The number of aromatic nitrogens is 3. The van der Waals surface area contributed by atoms with Gasteiger partial charge in [0.1, 0.15) is 5.82 Å². The highest BCUT2D eigenvalue weighted by molar-refractivity contribution is 7.11. The molecule has 2 aliphatic rings. The number of thiazole rings is 1. The number of aryl methyl sites for hydroxylation is 1. The van der Waals surface area contributed by atoms with Crippen molar-refractivity contribution in [1.82, 2.24) is 25.2 Å². The Hall–Kier alpha value is -1.67. The van der Waals surface area contributed by atoms with Crippen molar-refractivity contribution in [2.24, 2.45) is 0 Å². The molecule has 2 atom stereocenters. The first-order valence-corrected chi connectivity index (χ1v) is 12.5. The molecule has 0 saturated carbocycles. The zero-order valence-electron chi connectivity index (χ0n) is 18.8. The van der Waals surface area contributed by atoms with Crippen molar-refractivity contribution in [3.8, 4) is 0 Å². The van der Waals surface area contributed by atoms with Gasteiger partial charge in [-0.15, -0.1) is 11.3 Å². The van der Waals surface area contributed by atoms with Crippen molar-refractivity contribution in [2.75, 3.05) is 26.4 Å². The van der Waals surface area contributed by atoms with Crippen LogP contribution in [0.25, 0.3) is 0 Å². The molecule has 0 amide bonds. The van der Waals surface area contributed by atoms with Crippen LogP contribution in [0.2, 0.25) is 0 Å². The van der Waals surface area contributed by atoms with Gasteiger partial charge in [0.05, 0.1) is 24.0 Å². The Kier molecular flexibility index (Phi) is 8.19. The van der Waals surface area contributed by atoms with Gasteiger partial charge in [0, 0.05) is 54.3 Å². The minimum Gasteiger partial charge on any atom is -0.362 e. The summed E-state index contributed by atoms with van der Waals surface area (Å²) in [5.74, 6) is 1.33. The third-order valence-corrected chi connectivity index (χ3v) is 7.54. The van der Waals surface area contributed by atoms with Gasteiger partial charge in [0.2, 0.25) is 0 Å². The van der Waals surface area contributed by atoms with Crippen molar-refractivity contribution < 1.29 is 4.74 Å². The van der Waals surface area contributed by atoms with Crippen LogP contribution in [0.15, 0.2) is 24.5 Å². The largest absolute Gasteiger partial charge is 0.362 e. The van der Waals surface area contributed by atoms with Crippen molar-refractivity contribution in [3.63, 3.8) is 0 Å². The zero-order chi connectivity index (χ0) is 21.5. The zero-order valence-corrected chi connectivity index (χ0v) is 19.7. The maximum Gasteiger partial charge on any atom is 0.125 e. The Bertz CT molecular complexity index is 825. The molecule has 0 radical (unpaired) electrons. The summed E-state index contributed by atoms with van der Waals surface area (Å²) in [6.07, 6.45) is 15.3. The quantitative estimate of drug-likeness (QED) is 0.323. The van der Waals surface area contributed by atoms with E-state index in [0.29, 0.717) is 25.3 Å². The lowest BCUT2D eigenvalue weighted by Crippen LogP contribution is -2.38. The highest BCUT2D eigenvalue weighted by atomic mass is 32.1. The van der Waals surface area contributed by atoms with E-state index in [-0.39, 0.29) is 0 Å². The molecular formula is C24H35N5OS. The van der Waals surface area contributed by atoms with Crippen LogP contribution in [0, 0.1) is 6.92 Å². The molecule has 3 heterocycles. The Morgan fingerprint density at radius 3 is 2.77 bits per heavy atom. The molecule has 4 rings (SSSR count). The smallest absolute Gasteiger partial charge is 0.125 e. The minimum atomic E-state index is 0.540. The first-order valence-electron chi connectivity index (χ1n) is 11.7. The molecule has 0 bridgehead atoms. The number of nitrogens with zero attached hydrogens (tertiary/aromatic N) is 4. The van der Waals surface area contributed by atoms with E-state index in [1.54, 1.807) is 0 Å². The van der Waals surface area contributed by atoms with Crippen molar-refractivity contribution in [1.29, 1.82) is 0 Å². The van der Waals surface area contributed by atoms with Gasteiger partial charge in [-0.1, -0.05) is 25.5 Å². The van der Waals surface area contributed by atoms with Gasteiger partial charge in [-0.25, -0.2) is 15.0 Å². The number of rotatable bonds is 11. The number of fused-ring (bicyclic) bond motifs is 1. The second-order valence-electron chi connectivity index (χ2n) is 8.59. The second-order valence-corrected chi connectivity index (χ2v) is 9.71. The molecule has 0 fully saturated rings. The van der Waals surface area contributed by atoms with Crippen LogP contribution >= 0.6 is 11.3 Å². The number of ether oxygens (including phenoxy) is 1. The van der Waals surface area contributed by atoms with E-state index in [4.69, 9.17) is 9.72 Å². The lowest BCUT2D eigenvalue weighted by atomic mass is 10.0. The summed E-state index contributed by atoms with van der Waals surface area (Å²) in [6.45, 7) is 8.52. The molecule has 2 aromatic rings. The summed E-state index contributed by atoms with van der Waals surface area (Å²) in [5.41, 5.74) is 2.37. The van der Waals surface area contributed by atoms with Gasteiger partial charge in [0.15, 0.2) is 0 Å². The second kappa shape index (κ2) is 11.3. The summed E-state index contributed by atoms with van der Waals surface area (Å²) in [7, 11) is 0. The van der Waals surface area contributed by atoms with E-state index >= 15 is 0 Å². The van der Waals surface area contributed by atoms with Crippen LogP contribution in [-0.2, 0) is 24.2 Å². The maximum absolute atomic E-state index is 5.72. The molecule has 7 heteroatoms. The van der Waals surface area contributed by atoms with Crippen LogP contribution in [0.3, 0.4) is 0 Å². The van der Waals surface area contributed by atoms with Crippen LogP contribution in [0.1, 0.15) is 65.5 Å². The summed E-state index contributed by atoms with van der Waals surface area (Å²) < 4.78 is 5.72. The molecule has 6 nitrogen and oxygen atoms in total. The molecule has 1 unspecified atom stereocenters. The highest BCUT2D eigenvalue weighted by Crippen LogP contribution is 2.33. The van der Waals surface area contributed by atoms with E-state index in [1.807, 2.05) is 30.7 Å². The lowest BCUT2D eigenvalue weighted by Gasteiger charge is -2.31. The third-order valence-electron chi connectivity index (χ3n) is 6.22. The van der Waals surface area contributed by atoms with Gasteiger partial charge >= 0.3 is 0 Å². The molecule has 168 valence electrons. The molecule has 1 aliphatic heterocycles. The Morgan fingerprint density at radius 1 is 1.23 bits per heavy atom. The van der Waals surface area contributed by atoms with E-state index < -0.39 is 0 Å². The Labute approximate surface area is 190 Å². The topological polar surface area (TPSA) is 63.2 Å². The fourth-order valence-corrected chi connectivity index (χ4v) is 5.53.